The maximum atomic E-state index is 9.66. The average molecular weight is 174 g/mol. The van der Waals surface area contributed by atoms with Crippen LogP contribution < -0.4 is 11.5 Å². The number of aliphatic hydroxyl groups is 1. The van der Waals surface area contributed by atoms with E-state index in [-0.39, 0.29) is 6.04 Å². The van der Waals surface area contributed by atoms with Gasteiger partial charge in [-0.1, -0.05) is 33.1 Å². The molecule has 3 nitrogen and oxygen atoms in total. The molecular formula is C9H22N2O. The molecule has 2 unspecified atom stereocenters. The molecule has 3 heteroatoms. The van der Waals surface area contributed by atoms with E-state index in [0.29, 0.717) is 6.42 Å². The van der Waals surface area contributed by atoms with E-state index in [1.54, 1.807) is 0 Å². The smallest absolute Gasteiger partial charge is 0.128 e. The van der Waals surface area contributed by atoms with Crippen LogP contribution >= 0.6 is 0 Å². The predicted octanol–water partition coefficient (Wildman–Crippen LogP) is 0.951. The fourth-order valence-electron chi connectivity index (χ4n) is 1.26. The SMILES string of the molecule is CCCCC(N)C(N)(O)CCC. The molecule has 0 heterocycles. The Morgan fingerprint density at radius 1 is 1.33 bits per heavy atom. The highest BCUT2D eigenvalue weighted by Crippen LogP contribution is 2.13. The van der Waals surface area contributed by atoms with Crippen molar-refractivity contribution >= 4 is 0 Å². The number of rotatable bonds is 6. The van der Waals surface area contributed by atoms with E-state index in [2.05, 4.69) is 6.92 Å². The molecule has 2 atom stereocenters. The zero-order valence-electron chi connectivity index (χ0n) is 8.21. The van der Waals surface area contributed by atoms with Gasteiger partial charge >= 0.3 is 0 Å². The Balaban J connectivity index is 3.79. The summed E-state index contributed by atoms with van der Waals surface area (Å²) in [6, 6.07) is -0.280. The highest BCUT2D eigenvalue weighted by atomic mass is 16.3. The van der Waals surface area contributed by atoms with Crippen LogP contribution in [-0.2, 0) is 0 Å². The second-order valence-corrected chi connectivity index (χ2v) is 3.49. The molecule has 0 spiro atoms. The van der Waals surface area contributed by atoms with Crippen LogP contribution in [0, 0.1) is 0 Å². The summed E-state index contributed by atoms with van der Waals surface area (Å²) in [5.41, 5.74) is 10.2. The maximum Gasteiger partial charge on any atom is 0.128 e. The quantitative estimate of drug-likeness (QED) is 0.525. The number of hydrogen-bond donors (Lipinski definition) is 3. The van der Waals surface area contributed by atoms with Gasteiger partial charge in [0, 0.05) is 6.04 Å². The van der Waals surface area contributed by atoms with Gasteiger partial charge < -0.3 is 16.6 Å². The summed E-state index contributed by atoms with van der Waals surface area (Å²) in [5, 5.41) is 9.66. The second kappa shape index (κ2) is 5.51. The molecule has 12 heavy (non-hydrogen) atoms. The molecule has 0 aliphatic heterocycles. The zero-order valence-corrected chi connectivity index (χ0v) is 8.21. The summed E-state index contributed by atoms with van der Waals surface area (Å²) >= 11 is 0. The minimum absolute atomic E-state index is 0.280. The molecule has 0 fully saturated rings. The highest BCUT2D eigenvalue weighted by molar-refractivity contribution is 4.82. The van der Waals surface area contributed by atoms with Crippen LogP contribution in [0.15, 0.2) is 0 Å². The van der Waals surface area contributed by atoms with Gasteiger partial charge in [-0.2, -0.15) is 0 Å². The molecule has 0 saturated heterocycles. The van der Waals surface area contributed by atoms with Crippen molar-refractivity contribution in [2.24, 2.45) is 11.5 Å². The van der Waals surface area contributed by atoms with E-state index in [1.807, 2.05) is 6.92 Å². The van der Waals surface area contributed by atoms with E-state index in [1.165, 1.54) is 0 Å². The summed E-state index contributed by atoms with van der Waals surface area (Å²) in [6.07, 6.45) is 4.38. The van der Waals surface area contributed by atoms with Crippen molar-refractivity contribution in [3.05, 3.63) is 0 Å². The zero-order chi connectivity index (χ0) is 9.61. The maximum absolute atomic E-state index is 9.66. The summed E-state index contributed by atoms with van der Waals surface area (Å²) in [6.45, 7) is 4.09. The fourth-order valence-corrected chi connectivity index (χ4v) is 1.26. The van der Waals surface area contributed by atoms with Crippen LogP contribution in [0.1, 0.15) is 46.0 Å². The van der Waals surface area contributed by atoms with E-state index in [0.717, 1.165) is 25.7 Å². The Morgan fingerprint density at radius 3 is 2.33 bits per heavy atom. The lowest BCUT2D eigenvalue weighted by Crippen LogP contribution is -2.55. The predicted molar refractivity (Wildman–Crippen MR) is 51.5 cm³/mol. The molecule has 74 valence electrons. The van der Waals surface area contributed by atoms with Gasteiger partial charge in [-0.15, -0.1) is 0 Å². The number of unbranched alkanes of at least 4 members (excludes halogenated alkanes) is 1. The fraction of sp³-hybridized carbons (Fsp3) is 1.00. The lowest BCUT2D eigenvalue weighted by atomic mass is 9.96. The van der Waals surface area contributed by atoms with Crippen LogP contribution in [0.3, 0.4) is 0 Å². The first-order valence-electron chi connectivity index (χ1n) is 4.81. The molecule has 5 N–H and O–H groups in total. The molecule has 0 radical (unpaired) electrons. The second-order valence-electron chi connectivity index (χ2n) is 3.49. The van der Waals surface area contributed by atoms with Crippen molar-refractivity contribution in [1.29, 1.82) is 0 Å². The van der Waals surface area contributed by atoms with E-state index in [9.17, 15) is 5.11 Å². The molecule has 0 saturated carbocycles. The third kappa shape index (κ3) is 4.04. The van der Waals surface area contributed by atoms with Crippen LogP contribution in [0.2, 0.25) is 0 Å². The van der Waals surface area contributed by atoms with Crippen molar-refractivity contribution in [3.8, 4) is 0 Å². The minimum atomic E-state index is -1.16. The van der Waals surface area contributed by atoms with E-state index in [4.69, 9.17) is 11.5 Å². The van der Waals surface area contributed by atoms with Gasteiger partial charge in [-0.05, 0) is 12.8 Å². The number of nitrogens with two attached hydrogens (primary N) is 2. The van der Waals surface area contributed by atoms with E-state index >= 15 is 0 Å². The van der Waals surface area contributed by atoms with Crippen molar-refractivity contribution in [3.63, 3.8) is 0 Å². The van der Waals surface area contributed by atoms with Gasteiger partial charge in [0.15, 0.2) is 0 Å². The topological polar surface area (TPSA) is 72.3 Å². The highest BCUT2D eigenvalue weighted by Gasteiger charge is 2.27. The molecular weight excluding hydrogens is 152 g/mol. The molecule has 0 aromatic rings. The van der Waals surface area contributed by atoms with E-state index < -0.39 is 5.72 Å². The lowest BCUT2D eigenvalue weighted by molar-refractivity contribution is 0.00803. The minimum Gasteiger partial charge on any atom is -0.374 e. The molecule has 0 aliphatic rings. The summed E-state index contributed by atoms with van der Waals surface area (Å²) in [5.74, 6) is 0. The average Bonchev–Trinajstić information content (AvgIpc) is 2.00. The number of hydrogen-bond acceptors (Lipinski definition) is 3. The van der Waals surface area contributed by atoms with Crippen LogP contribution in [0.4, 0.5) is 0 Å². The van der Waals surface area contributed by atoms with Crippen LogP contribution in [0.5, 0.6) is 0 Å². The van der Waals surface area contributed by atoms with Crippen LogP contribution in [0.25, 0.3) is 0 Å². The van der Waals surface area contributed by atoms with Crippen molar-refractivity contribution < 1.29 is 5.11 Å². The van der Waals surface area contributed by atoms with Crippen molar-refractivity contribution in [1.82, 2.24) is 0 Å². The van der Waals surface area contributed by atoms with Gasteiger partial charge in [-0.25, -0.2) is 0 Å². The summed E-state index contributed by atoms with van der Waals surface area (Å²) in [4.78, 5) is 0. The monoisotopic (exact) mass is 174 g/mol. The van der Waals surface area contributed by atoms with Crippen LogP contribution in [-0.4, -0.2) is 16.9 Å². The largest absolute Gasteiger partial charge is 0.374 e. The van der Waals surface area contributed by atoms with Gasteiger partial charge in [0.05, 0.1) is 0 Å². The standard InChI is InChI=1S/C9H22N2O/c1-3-5-6-8(10)9(11,12)7-4-2/h8,12H,3-7,10-11H2,1-2H3. The Kier molecular flexibility index (Phi) is 5.46. The first kappa shape index (κ1) is 11.9. The first-order chi connectivity index (χ1) is 5.54. The Morgan fingerprint density at radius 2 is 1.92 bits per heavy atom. The van der Waals surface area contributed by atoms with Gasteiger partial charge in [-0.3, -0.25) is 0 Å². The Hall–Kier alpha value is -0.120. The third-order valence-corrected chi connectivity index (χ3v) is 2.16. The molecule has 0 aromatic carbocycles. The van der Waals surface area contributed by atoms with Gasteiger partial charge in [0.2, 0.25) is 0 Å². The molecule has 0 rings (SSSR count). The van der Waals surface area contributed by atoms with Crippen molar-refractivity contribution in [2.45, 2.75) is 57.7 Å². The Labute approximate surface area is 75.1 Å². The molecule has 0 amide bonds. The van der Waals surface area contributed by atoms with Crippen molar-refractivity contribution in [2.75, 3.05) is 0 Å². The normalized spacial score (nSPS) is 18.8. The first-order valence-corrected chi connectivity index (χ1v) is 4.81. The molecule has 0 aromatic heterocycles. The van der Waals surface area contributed by atoms with Gasteiger partial charge in [0.1, 0.15) is 5.72 Å². The lowest BCUT2D eigenvalue weighted by Gasteiger charge is -2.29. The Bertz CT molecular complexity index is 115. The summed E-state index contributed by atoms with van der Waals surface area (Å²) in [7, 11) is 0. The van der Waals surface area contributed by atoms with Gasteiger partial charge in [0.25, 0.3) is 0 Å². The molecule has 0 bridgehead atoms. The summed E-state index contributed by atoms with van der Waals surface area (Å²) < 4.78 is 0. The molecule has 0 aliphatic carbocycles. The third-order valence-electron chi connectivity index (χ3n) is 2.16.